The number of amides is 1. The molecule has 2 aliphatic rings. The van der Waals surface area contributed by atoms with E-state index in [1.165, 1.54) is 12.0 Å². The van der Waals surface area contributed by atoms with Crippen LogP contribution in [0.2, 0.25) is 0 Å². The Labute approximate surface area is 116 Å². The van der Waals surface area contributed by atoms with Crippen molar-refractivity contribution in [3.63, 3.8) is 0 Å². The molecule has 2 saturated heterocycles. The Hall–Kier alpha value is -0.830. The largest absolute Gasteiger partial charge is 0.453 e. The van der Waals surface area contributed by atoms with Crippen LogP contribution in [0.1, 0.15) is 12.8 Å². The number of carbonyl (C=O) groups excluding carboxylic acids is 1. The predicted molar refractivity (Wildman–Crippen MR) is 66.5 cm³/mol. The Balaban J connectivity index is 1.99. The number of methoxy groups -OCH3 is 1. The van der Waals surface area contributed by atoms with Crippen molar-refractivity contribution >= 4 is 5.91 Å². The number of alkyl halides is 2. The maximum Gasteiger partial charge on any atom is 0.290 e. The second-order valence-electron chi connectivity index (χ2n) is 5.22. The molecule has 2 unspecified atom stereocenters. The van der Waals surface area contributed by atoms with Gasteiger partial charge in [0.2, 0.25) is 0 Å². The van der Waals surface area contributed by atoms with Gasteiger partial charge in [0, 0.05) is 13.7 Å². The smallest absolute Gasteiger partial charge is 0.290 e. The molecule has 3 atom stereocenters. The maximum absolute atomic E-state index is 13.8. The minimum atomic E-state index is -3.02. The van der Waals surface area contributed by atoms with Crippen molar-refractivity contribution in [1.29, 1.82) is 0 Å². The number of aliphatic hydroxyl groups is 1. The fourth-order valence-electron chi connectivity index (χ4n) is 2.87. The van der Waals surface area contributed by atoms with Gasteiger partial charge >= 0.3 is 0 Å². The molecule has 0 radical (unpaired) electrons. The number of piperidine rings is 1. The van der Waals surface area contributed by atoms with Crippen molar-refractivity contribution in [2.75, 3.05) is 39.9 Å². The lowest BCUT2D eigenvalue weighted by atomic mass is 10.0. The van der Waals surface area contributed by atoms with Gasteiger partial charge in [-0.25, -0.2) is 8.78 Å². The number of nitrogens with one attached hydrogen (secondary N) is 1. The third-order valence-corrected chi connectivity index (χ3v) is 3.93. The number of likely N-dealkylation sites (tertiary alicyclic amines) is 1. The molecule has 2 aliphatic heterocycles. The molecule has 116 valence electrons. The van der Waals surface area contributed by atoms with Crippen LogP contribution in [0.15, 0.2) is 0 Å². The molecular weight excluding hydrogens is 272 g/mol. The minimum Gasteiger partial charge on any atom is -0.453 e. The van der Waals surface area contributed by atoms with E-state index in [0.29, 0.717) is 24.5 Å². The number of ether oxygens (including phenoxy) is 1. The number of rotatable bonds is 4. The Kier molecular flexibility index (Phi) is 4.90. The number of hydrogen-bond donors (Lipinski definition) is 2. The van der Waals surface area contributed by atoms with E-state index in [2.05, 4.69) is 5.43 Å². The quantitative estimate of drug-likeness (QED) is 0.685. The summed E-state index contributed by atoms with van der Waals surface area (Å²) >= 11 is 0. The van der Waals surface area contributed by atoms with Gasteiger partial charge in [0.05, 0.1) is 19.7 Å². The van der Waals surface area contributed by atoms with Gasteiger partial charge in [-0.2, -0.15) is 0 Å². The highest BCUT2D eigenvalue weighted by molar-refractivity contribution is 5.81. The zero-order valence-electron chi connectivity index (χ0n) is 11.5. The molecule has 2 heterocycles. The lowest BCUT2D eigenvalue weighted by molar-refractivity contribution is -0.869. The summed E-state index contributed by atoms with van der Waals surface area (Å²) in [6, 6.07) is -0.447. The van der Waals surface area contributed by atoms with Gasteiger partial charge in [0.1, 0.15) is 6.10 Å². The Bertz CT molecular complexity index is 357. The maximum atomic E-state index is 13.8. The zero-order valence-corrected chi connectivity index (χ0v) is 11.5. The van der Waals surface area contributed by atoms with Crippen molar-refractivity contribution < 1.29 is 28.4 Å². The molecule has 0 spiro atoms. The molecule has 2 fully saturated rings. The average molecular weight is 293 g/mol. The molecule has 6 nitrogen and oxygen atoms in total. The van der Waals surface area contributed by atoms with E-state index in [0.717, 1.165) is 0 Å². The fraction of sp³-hybridized carbons (Fsp3) is 0.917. The number of nitrogens with zero attached hydrogens (tertiary/aromatic N) is 2. The SMILES string of the molecule is CO[C@H]1CCN(C(=O)C2CC[N-][NH+]2CCO)CC1(F)F. The van der Waals surface area contributed by atoms with Crippen LogP contribution in [0.4, 0.5) is 8.78 Å². The minimum absolute atomic E-state index is 0.0788. The molecule has 0 aliphatic carbocycles. The van der Waals surface area contributed by atoms with Gasteiger partial charge in [-0.1, -0.05) is 0 Å². The van der Waals surface area contributed by atoms with Crippen LogP contribution in [-0.4, -0.2) is 73.9 Å². The molecule has 0 aromatic heterocycles. The van der Waals surface area contributed by atoms with E-state index < -0.39 is 24.6 Å². The van der Waals surface area contributed by atoms with Crippen LogP contribution >= 0.6 is 0 Å². The van der Waals surface area contributed by atoms with Gasteiger partial charge < -0.3 is 25.2 Å². The molecule has 0 aromatic carbocycles. The van der Waals surface area contributed by atoms with Gasteiger partial charge in [0.15, 0.2) is 6.04 Å². The monoisotopic (exact) mass is 293 g/mol. The van der Waals surface area contributed by atoms with Gasteiger partial charge in [-0.05, 0) is 12.8 Å². The van der Waals surface area contributed by atoms with Crippen LogP contribution in [0.3, 0.4) is 0 Å². The highest BCUT2D eigenvalue weighted by Gasteiger charge is 2.47. The summed E-state index contributed by atoms with van der Waals surface area (Å²) in [5.41, 5.74) is 4.19. The van der Waals surface area contributed by atoms with Crippen molar-refractivity contribution in [2.24, 2.45) is 0 Å². The van der Waals surface area contributed by atoms with Gasteiger partial charge in [0.25, 0.3) is 11.8 Å². The lowest BCUT2D eigenvalue weighted by Crippen LogP contribution is -3.12. The fourth-order valence-corrected chi connectivity index (χ4v) is 2.87. The second kappa shape index (κ2) is 6.30. The number of quaternary nitrogens is 1. The normalized spacial score (nSPS) is 33.4. The topological polar surface area (TPSA) is 68.3 Å². The third kappa shape index (κ3) is 3.08. The van der Waals surface area contributed by atoms with Crippen molar-refractivity contribution in [1.82, 2.24) is 4.90 Å². The van der Waals surface area contributed by atoms with Crippen LogP contribution in [0.25, 0.3) is 5.43 Å². The number of hydrogen-bond acceptors (Lipinski definition) is 3. The Morgan fingerprint density at radius 2 is 2.30 bits per heavy atom. The molecule has 0 saturated carbocycles. The molecule has 2 rings (SSSR count). The highest BCUT2D eigenvalue weighted by Crippen LogP contribution is 2.29. The van der Waals surface area contributed by atoms with Crippen molar-refractivity contribution in [3.05, 3.63) is 5.43 Å². The second-order valence-corrected chi connectivity index (χ2v) is 5.22. The summed E-state index contributed by atoms with van der Waals surface area (Å²) in [6.45, 7) is 0.450. The van der Waals surface area contributed by atoms with Gasteiger partial charge in [-0.15, -0.1) is 6.54 Å². The standard InChI is InChI=1S/C12H21F2N3O3/c1-20-10-3-5-16(8-12(10,13)14)11(19)9-2-4-15-17(9)6-7-18/h9-10,17-18H,2-8H2,1H3/t9?,10-/m0/s1. The van der Waals surface area contributed by atoms with E-state index in [9.17, 15) is 13.6 Å². The molecular formula is C12H21F2N3O3. The molecule has 2 N–H and O–H groups in total. The third-order valence-electron chi connectivity index (χ3n) is 3.93. The zero-order chi connectivity index (χ0) is 14.8. The van der Waals surface area contributed by atoms with E-state index in [1.54, 1.807) is 0 Å². The summed E-state index contributed by atoms with van der Waals surface area (Å²) in [7, 11) is 1.26. The van der Waals surface area contributed by atoms with Crippen molar-refractivity contribution in [3.8, 4) is 0 Å². The summed E-state index contributed by atoms with van der Waals surface area (Å²) in [4.78, 5) is 13.6. The van der Waals surface area contributed by atoms with Crippen LogP contribution in [-0.2, 0) is 9.53 Å². The first-order valence-electron chi connectivity index (χ1n) is 6.83. The van der Waals surface area contributed by atoms with Gasteiger partial charge in [-0.3, -0.25) is 4.79 Å². The highest BCUT2D eigenvalue weighted by atomic mass is 19.3. The predicted octanol–water partition coefficient (Wildman–Crippen LogP) is -1.19. The number of aliphatic hydroxyl groups excluding tert-OH is 1. The van der Waals surface area contributed by atoms with E-state index in [4.69, 9.17) is 9.84 Å². The molecule has 0 aromatic rings. The molecule has 1 amide bonds. The van der Waals surface area contributed by atoms with E-state index in [1.807, 2.05) is 0 Å². The first kappa shape index (κ1) is 15.6. The lowest BCUT2D eigenvalue weighted by Gasteiger charge is -2.39. The first-order valence-corrected chi connectivity index (χ1v) is 6.83. The first-order chi connectivity index (χ1) is 9.49. The van der Waals surface area contributed by atoms with Crippen molar-refractivity contribution in [2.45, 2.75) is 30.9 Å². The Morgan fingerprint density at radius 1 is 1.55 bits per heavy atom. The molecule has 8 heteroatoms. The number of halogens is 2. The molecule has 0 bridgehead atoms. The Morgan fingerprint density at radius 3 is 2.90 bits per heavy atom. The average Bonchev–Trinajstić information content (AvgIpc) is 2.85. The van der Waals surface area contributed by atoms with Crippen LogP contribution in [0, 0.1) is 0 Å². The summed E-state index contributed by atoms with van der Waals surface area (Å²) in [6.07, 6.45) is -0.445. The van der Waals surface area contributed by atoms with E-state index >= 15 is 0 Å². The van der Waals surface area contributed by atoms with E-state index in [-0.39, 0.29) is 25.5 Å². The summed E-state index contributed by atoms with van der Waals surface area (Å²) < 4.78 is 32.4. The summed E-state index contributed by atoms with van der Waals surface area (Å²) in [5.74, 6) is -3.32. The van der Waals surface area contributed by atoms with Crippen LogP contribution < -0.4 is 5.01 Å². The molecule has 20 heavy (non-hydrogen) atoms. The van der Waals surface area contributed by atoms with Crippen LogP contribution in [0.5, 0.6) is 0 Å². The summed E-state index contributed by atoms with van der Waals surface area (Å²) in [5, 5.41) is 9.58. The number of carbonyl (C=O) groups is 1.